The Morgan fingerprint density at radius 3 is 2.30 bits per heavy atom. The summed E-state index contributed by atoms with van der Waals surface area (Å²) in [5.41, 5.74) is 3.01. The molecule has 1 aliphatic heterocycles. The van der Waals surface area contributed by atoms with Crippen LogP contribution in [0.1, 0.15) is 44.6 Å². The Morgan fingerprint density at radius 2 is 1.63 bits per heavy atom. The molecular weight excluding hydrogens is 378 g/mol. The van der Waals surface area contributed by atoms with Gasteiger partial charge in [0.05, 0.1) is 14.2 Å². The van der Waals surface area contributed by atoms with Crippen LogP contribution in [-0.4, -0.2) is 25.9 Å². The van der Waals surface area contributed by atoms with Crippen molar-refractivity contribution in [2.45, 2.75) is 39.0 Å². The van der Waals surface area contributed by atoms with Gasteiger partial charge in [0.15, 0.2) is 5.78 Å². The first-order valence-electron chi connectivity index (χ1n) is 10.2. The number of nitrogens with zero attached hydrogens (tertiary/aromatic N) is 1. The molecule has 30 heavy (non-hydrogen) atoms. The Bertz CT molecular complexity index is 1020. The fourth-order valence-corrected chi connectivity index (χ4v) is 4.67. The first-order chi connectivity index (χ1) is 14.3. The molecule has 2 aromatic carbocycles. The maximum absolute atomic E-state index is 13.4. The van der Waals surface area contributed by atoms with Crippen LogP contribution in [0.4, 0.5) is 5.69 Å². The van der Waals surface area contributed by atoms with E-state index in [1.54, 1.807) is 19.1 Å². The summed E-state index contributed by atoms with van der Waals surface area (Å²) in [4.78, 5) is 28.5. The number of ether oxygens (including phenoxy) is 2. The lowest BCUT2D eigenvalue weighted by Gasteiger charge is -2.43. The van der Waals surface area contributed by atoms with Gasteiger partial charge < -0.3 is 9.47 Å². The number of hydrogen-bond acceptors (Lipinski definition) is 4. The molecule has 0 saturated carbocycles. The van der Waals surface area contributed by atoms with E-state index in [9.17, 15) is 9.59 Å². The van der Waals surface area contributed by atoms with Gasteiger partial charge in [0.1, 0.15) is 11.5 Å². The number of carbonyl (C=O) groups is 2. The highest BCUT2D eigenvalue weighted by Gasteiger charge is 2.44. The number of allylic oxidation sites excluding steroid dienone is 2. The van der Waals surface area contributed by atoms with Crippen molar-refractivity contribution in [3.05, 3.63) is 65.4 Å². The molecule has 0 saturated heterocycles. The van der Waals surface area contributed by atoms with E-state index in [0.29, 0.717) is 18.6 Å². The van der Waals surface area contributed by atoms with Gasteiger partial charge in [-0.3, -0.25) is 14.5 Å². The number of amides is 1. The monoisotopic (exact) mass is 405 g/mol. The topological polar surface area (TPSA) is 55.8 Å². The number of anilines is 1. The predicted octanol–water partition coefficient (Wildman–Crippen LogP) is 4.87. The van der Waals surface area contributed by atoms with Gasteiger partial charge >= 0.3 is 0 Å². The third-order valence-electron chi connectivity index (χ3n) is 5.99. The van der Waals surface area contributed by atoms with E-state index < -0.39 is 0 Å². The van der Waals surface area contributed by atoms with Crippen LogP contribution in [-0.2, 0) is 9.59 Å². The van der Waals surface area contributed by atoms with Gasteiger partial charge in [-0.15, -0.1) is 0 Å². The molecule has 4 rings (SSSR count). The summed E-state index contributed by atoms with van der Waals surface area (Å²) in [6.07, 6.45) is 1.37. The summed E-state index contributed by atoms with van der Waals surface area (Å²) in [6, 6.07) is 15.1. The Hall–Kier alpha value is -3.08. The number of Topliss-reactive ketones (excluding diaryl/α,β-unsaturated/α-hetero) is 1. The standard InChI is InChI=1S/C25H27NO4/c1-25(2)14-20-24(21(27)15-25)19(18-7-5-6-8-22(18)30-4)13-23(28)26(20)16-9-11-17(29-3)12-10-16/h5-12,19H,13-15H2,1-4H3. The minimum absolute atomic E-state index is 0.0136. The number of hydrogen-bond donors (Lipinski definition) is 0. The second-order valence-corrected chi connectivity index (χ2v) is 8.73. The Balaban J connectivity index is 1.89. The third-order valence-corrected chi connectivity index (χ3v) is 5.99. The van der Waals surface area contributed by atoms with Crippen molar-refractivity contribution in [1.82, 2.24) is 0 Å². The highest BCUT2D eigenvalue weighted by atomic mass is 16.5. The zero-order chi connectivity index (χ0) is 21.5. The molecule has 1 unspecified atom stereocenters. The lowest BCUT2D eigenvalue weighted by Crippen LogP contribution is -2.43. The van der Waals surface area contributed by atoms with Crippen LogP contribution in [0.2, 0.25) is 0 Å². The van der Waals surface area contributed by atoms with Crippen molar-refractivity contribution in [2.24, 2.45) is 5.41 Å². The summed E-state index contributed by atoms with van der Waals surface area (Å²) in [7, 11) is 3.23. The van der Waals surface area contributed by atoms with Crippen LogP contribution in [0, 0.1) is 5.41 Å². The summed E-state index contributed by atoms with van der Waals surface area (Å²) >= 11 is 0. The van der Waals surface area contributed by atoms with Gasteiger partial charge in [-0.2, -0.15) is 0 Å². The minimum Gasteiger partial charge on any atom is -0.497 e. The van der Waals surface area contributed by atoms with Crippen LogP contribution >= 0.6 is 0 Å². The smallest absolute Gasteiger partial charge is 0.232 e. The molecule has 1 amide bonds. The van der Waals surface area contributed by atoms with Crippen LogP contribution in [0.25, 0.3) is 0 Å². The van der Waals surface area contributed by atoms with Gasteiger partial charge in [-0.05, 0) is 42.2 Å². The number of carbonyl (C=O) groups excluding carboxylic acids is 2. The quantitative estimate of drug-likeness (QED) is 0.728. The Labute approximate surface area is 177 Å². The molecule has 0 spiro atoms. The van der Waals surface area contributed by atoms with E-state index in [-0.39, 0.29) is 29.4 Å². The van der Waals surface area contributed by atoms with E-state index in [0.717, 1.165) is 28.3 Å². The third kappa shape index (κ3) is 3.49. The molecule has 0 aromatic heterocycles. The van der Waals surface area contributed by atoms with Crippen molar-refractivity contribution < 1.29 is 19.1 Å². The molecule has 5 heteroatoms. The van der Waals surface area contributed by atoms with Gasteiger partial charge in [-0.25, -0.2) is 0 Å². The molecule has 1 atom stereocenters. The van der Waals surface area contributed by atoms with Gasteiger partial charge in [0.25, 0.3) is 0 Å². The average Bonchev–Trinajstić information content (AvgIpc) is 2.72. The van der Waals surface area contributed by atoms with Crippen LogP contribution in [0.3, 0.4) is 0 Å². The van der Waals surface area contributed by atoms with E-state index in [1.807, 2.05) is 48.5 Å². The average molecular weight is 405 g/mol. The molecular formula is C25H27NO4. The molecule has 0 N–H and O–H groups in total. The molecule has 5 nitrogen and oxygen atoms in total. The minimum atomic E-state index is -0.290. The second-order valence-electron chi connectivity index (χ2n) is 8.73. The van der Waals surface area contributed by atoms with Crippen LogP contribution in [0.15, 0.2) is 59.8 Å². The van der Waals surface area contributed by atoms with Crippen LogP contribution < -0.4 is 14.4 Å². The van der Waals surface area contributed by atoms with Gasteiger partial charge in [0.2, 0.25) is 5.91 Å². The number of para-hydroxylation sites is 1. The maximum atomic E-state index is 13.4. The largest absolute Gasteiger partial charge is 0.497 e. The molecule has 2 aromatic rings. The number of ketones is 1. The van der Waals surface area contributed by atoms with Gasteiger partial charge in [-0.1, -0.05) is 32.0 Å². The zero-order valence-corrected chi connectivity index (χ0v) is 17.9. The SMILES string of the molecule is COc1ccc(N2C(=O)CC(c3ccccc3OC)C3=C2CC(C)(C)CC3=O)cc1. The van der Waals surface area contributed by atoms with E-state index in [1.165, 1.54) is 0 Å². The number of methoxy groups -OCH3 is 2. The first kappa shape index (κ1) is 20.2. The Kier molecular flexibility index (Phi) is 5.14. The van der Waals surface area contributed by atoms with Crippen LogP contribution in [0.5, 0.6) is 11.5 Å². The van der Waals surface area contributed by atoms with E-state index >= 15 is 0 Å². The number of rotatable bonds is 4. The maximum Gasteiger partial charge on any atom is 0.232 e. The fourth-order valence-electron chi connectivity index (χ4n) is 4.67. The van der Waals surface area contributed by atoms with Crippen molar-refractivity contribution in [1.29, 1.82) is 0 Å². The molecule has 1 aliphatic carbocycles. The molecule has 0 radical (unpaired) electrons. The summed E-state index contributed by atoms with van der Waals surface area (Å²) in [5.74, 6) is 1.24. The normalized spacial score (nSPS) is 20.8. The van der Waals surface area contributed by atoms with Crippen molar-refractivity contribution in [3.63, 3.8) is 0 Å². The number of benzene rings is 2. The first-order valence-corrected chi connectivity index (χ1v) is 10.2. The van der Waals surface area contributed by atoms with Gasteiger partial charge in [0, 0.05) is 41.3 Å². The molecule has 2 aliphatic rings. The van der Waals surface area contributed by atoms with E-state index in [4.69, 9.17) is 9.47 Å². The fraction of sp³-hybridized carbons (Fsp3) is 0.360. The molecule has 156 valence electrons. The summed E-state index contributed by atoms with van der Waals surface area (Å²) in [6.45, 7) is 4.16. The lowest BCUT2D eigenvalue weighted by atomic mass is 9.69. The van der Waals surface area contributed by atoms with Crippen molar-refractivity contribution >= 4 is 17.4 Å². The molecule has 1 heterocycles. The lowest BCUT2D eigenvalue weighted by molar-refractivity contribution is -0.121. The van der Waals surface area contributed by atoms with Crippen molar-refractivity contribution in [3.8, 4) is 11.5 Å². The van der Waals surface area contributed by atoms with Crippen molar-refractivity contribution in [2.75, 3.05) is 19.1 Å². The highest BCUT2D eigenvalue weighted by Crippen LogP contribution is 2.49. The summed E-state index contributed by atoms with van der Waals surface area (Å²) < 4.78 is 10.8. The van der Waals surface area contributed by atoms with E-state index in [2.05, 4.69) is 13.8 Å². The Morgan fingerprint density at radius 1 is 0.933 bits per heavy atom. The molecule has 0 bridgehead atoms. The highest BCUT2D eigenvalue weighted by molar-refractivity contribution is 6.08. The zero-order valence-electron chi connectivity index (χ0n) is 17.9. The summed E-state index contributed by atoms with van der Waals surface area (Å²) in [5, 5.41) is 0. The second kappa shape index (κ2) is 7.63. The predicted molar refractivity (Wildman–Crippen MR) is 116 cm³/mol. The molecule has 0 fully saturated rings.